The summed E-state index contributed by atoms with van der Waals surface area (Å²) in [4.78, 5) is 10.9. The maximum absolute atomic E-state index is 10.9. The van der Waals surface area contributed by atoms with Crippen molar-refractivity contribution in [2.45, 2.75) is 19.4 Å². The summed E-state index contributed by atoms with van der Waals surface area (Å²) < 4.78 is 4.56. The summed E-state index contributed by atoms with van der Waals surface area (Å²) in [6, 6.07) is 5.59. The van der Waals surface area contributed by atoms with E-state index < -0.39 is 0 Å². The summed E-state index contributed by atoms with van der Waals surface area (Å²) in [7, 11) is 1.38. The van der Waals surface area contributed by atoms with Gasteiger partial charge in [0.1, 0.15) is 0 Å². The van der Waals surface area contributed by atoms with Crippen LogP contribution in [-0.4, -0.2) is 19.6 Å². The number of benzene rings is 1. The van der Waals surface area contributed by atoms with E-state index in [1.165, 1.54) is 7.11 Å². The van der Waals surface area contributed by atoms with Gasteiger partial charge in [0.25, 0.3) is 0 Å². The number of carbonyl (C=O) groups excluding carboxylic acids is 1. The lowest BCUT2D eigenvalue weighted by Gasteiger charge is -2.14. The maximum atomic E-state index is 10.9. The largest absolute Gasteiger partial charge is 0.469 e. The van der Waals surface area contributed by atoms with Crippen molar-refractivity contribution in [3.63, 3.8) is 0 Å². The first kappa shape index (κ1) is 14.3. The smallest absolute Gasteiger partial charge is 0.306 e. The molecule has 0 aromatic heterocycles. The Morgan fingerprint density at radius 3 is 2.71 bits per heavy atom. The molecule has 1 atom stereocenters. The Kier molecular flexibility index (Phi) is 5.75. The molecule has 0 radical (unpaired) electrons. The monoisotopic (exact) mass is 275 g/mol. The number of carbonyl (C=O) groups is 1. The zero-order valence-corrected chi connectivity index (χ0v) is 11.3. The number of hydrogen-bond donors (Lipinski definition) is 1. The van der Waals surface area contributed by atoms with E-state index in [1.54, 1.807) is 6.07 Å². The molecule has 1 rings (SSSR count). The summed E-state index contributed by atoms with van der Waals surface area (Å²) in [5, 5.41) is 4.28. The van der Waals surface area contributed by atoms with Gasteiger partial charge in [0.05, 0.1) is 23.6 Å². The molecule has 17 heavy (non-hydrogen) atoms. The van der Waals surface area contributed by atoms with Crippen molar-refractivity contribution in [1.82, 2.24) is 5.32 Å². The van der Waals surface area contributed by atoms with Gasteiger partial charge in [-0.1, -0.05) is 29.3 Å². The number of ether oxygens (including phenoxy) is 1. The summed E-state index contributed by atoms with van der Waals surface area (Å²) >= 11 is 11.8. The van der Waals surface area contributed by atoms with Crippen molar-refractivity contribution < 1.29 is 9.53 Å². The molecule has 0 amide bonds. The van der Waals surface area contributed by atoms with E-state index in [0.717, 1.165) is 5.56 Å². The van der Waals surface area contributed by atoms with Gasteiger partial charge in [-0.05, 0) is 24.6 Å². The quantitative estimate of drug-likeness (QED) is 0.839. The van der Waals surface area contributed by atoms with Crippen LogP contribution in [0.1, 0.15) is 24.9 Å². The van der Waals surface area contributed by atoms with Gasteiger partial charge in [-0.3, -0.25) is 4.79 Å². The minimum absolute atomic E-state index is 0.106. The molecular weight excluding hydrogens is 261 g/mol. The van der Waals surface area contributed by atoms with Crippen molar-refractivity contribution in [1.29, 1.82) is 0 Å². The molecule has 1 N–H and O–H groups in total. The fourth-order valence-electron chi connectivity index (χ4n) is 1.39. The number of nitrogens with one attached hydrogen (secondary N) is 1. The van der Waals surface area contributed by atoms with Crippen molar-refractivity contribution in [2.24, 2.45) is 0 Å². The normalized spacial score (nSPS) is 12.2. The van der Waals surface area contributed by atoms with E-state index in [0.29, 0.717) is 23.0 Å². The van der Waals surface area contributed by atoms with Crippen molar-refractivity contribution in [3.8, 4) is 0 Å². The third-order valence-electron chi connectivity index (χ3n) is 2.45. The lowest BCUT2D eigenvalue weighted by molar-refractivity contribution is -0.140. The van der Waals surface area contributed by atoms with Crippen LogP contribution in [0.15, 0.2) is 18.2 Å². The highest BCUT2D eigenvalue weighted by molar-refractivity contribution is 6.42. The van der Waals surface area contributed by atoms with E-state index >= 15 is 0 Å². The maximum Gasteiger partial charge on any atom is 0.306 e. The zero-order chi connectivity index (χ0) is 12.8. The summed E-state index contributed by atoms with van der Waals surface area (Å²) in [6.07, 6.45) is 0.349. The zero-order valence-electron chi connectivity index (χ0n) is 9.80. The lowest BCUT2D eigenvalue weighted by Crippen LogP contribution is -2.22. The molecule has 0 saturated carbocycles. The molecule has 0 fully saturated rings. The summed E-state index contributed by atoms with van der Waals surface area (Å²) in [5.74, 6) is -0.223. The molecule has 94 valence electrons. The number of hydrogen-bond acceptors (Lipinski definition) is 3. The molecule has 3 nitrogen and oxygen atoms in total. The van der Waals surface area contributed by atoms with E-state index in [4.69, 9.17) is 23.2 Å². The average molecular weight is 276 g/mol. The number of esters is 1. The van der Waals surface area contributed by atoms with Crippen LogP contribution < -0.4 is 5.32 Å². The van der Waals surface area contributed by atoms with Gasteiger partial charge in [-0.15, -0.1) is 0 Å². The molecule has 0 heterocycles. The average Bonchev–Trinajstić information content (AvgIpc) is 2.32. The molecule has 1 aromatic rings. The standard InChI is InChI=1S/C12H15Cl2NO2/c1-8(15-6-5-12(16)17-2)9-3-4-10(13)11(14)7-9/h3-4,7-8,15H,5-6H2,1-2H3. The topological polar surface area (TPSA) is 38.3 Å². The first-order valence-corrected chi connectivity index (χ1v) is 6.05. The van der Waals surface area contributed by atoms with Crippen LogP contribution in [0, 0.1) is 0 Å². The van der Waals surface area contributed by atoms with E-state index in [1.807, 2.05) is 19.1 Å². The molecule has 1 unspecified atom stereocenters. The molecule has 0 bridgehead atoms. The second kappa shape index (κ2) is 6.84. The van der Waals surface area contributed by atoms with Crippen LogP contribution in [-0.2, 0) is 9.53 Å². The van der Waals surface area contributed by atoms with Crippen molar-refractivity contribution in [3.05, 3.63) is 33.8 Å². The Labute approximate surface area is 111 Å². The van der Waals surface area contributed by atoms with Gasteiger partial charge in [-0.25, -0.2) is 0 Å². The molecule has 0 saturated heterocycles. The highest BCUT2D eigenvalue weighted by atomic mass is 35.5. The third-order valence-corrected chi connectivity index (χ3v) is 3.19. The molecule has 0 aliphatic carbocycles. The summed E-state index contributed by atoms with van der Waals surface area (Å²) in [5.41, 5.74) is 1.03. The molecule has 0 aliphatic heterocycles. The second-order valence-electron chi connectivity index (χ2n) is 3.68. The van der Waals surface area contributed by atoms with E-state index in [2.05, 4.69) is 10.1 Å². The molecule has 0 aliphatic rings. The molecule has 0 spiro atoms. The minimum atomic E-state index is -0.223. The Hall–Kier alpha value is -0.770. The minimum Gasteiger partial charge on any atom is -0.469 e. The van der Waals surface area contributed by atoms with Crippen LogP contribution in [0.3, 0.4) is 0 Å². The van der Waals surface area contributed by atoms with Crippen LogP contribution in [0.2, 0.25) is 10.0 Å². The predicted molar refractivity (Wildman–Crippen MR) is 69.5 cm³/mol. The molecule has 1 aromatic carbocycles. The first-order chi connectivity index (χ1) is 8.04. The SMILES string of the molecule is COC(=O)CCNC(C)c1ccc(Cl)c(Cl)c1. The fraction of sp³-hybridized carbons (Fsp3) is 0.417. The van der Waals surface area contributed by atoms with Gasteiger partial charge < -0.3 is 10.1 Å². The Bertz CT molecular complexity index is 396. The van der Waals surface area contributed by atoms with E-state index in [9.17, 15) is 4.79 Å². The summed E-state index contributed by atoms with van der Waals surface area (Å²) in [6.45, 7) is 2.56. The van der Waals surface area contributed by atoms with Crippen molar-refractivity contribution >= 4 is 29.2 Å². The van der Waals surface area contributed by atoms with E-state index in [-0.39, 0.29) is 12.0 Å². The predicted octanol–water partition coefficient (Wildman–Crippen LogP) is 3.21. The van der Waals surface area contributed by atoms with Gasteiger partial charge in [-0.2, -0.15) is 0 Å². The third kappa shape index (κ3) is 4.54. The molecule has 5 heteroatoms. The number of methoxy groups -OCH3 is 1. The van der Waals surface area contributed by atoms with Crippen LogP contribution >= 0.6 is 23.2 Å². The highest BCUT2D eigenvalue weighted by Crippen LogP contribution is 2.25. The van der Waals surface area contributed by atoms with Crippen LogP contribution in [0.5, 0.6) is 0 Å². The van der Waals surface area contributed by atoms with Crippen LogP contribution in [0.4, 0.5) is 0 Å². The lowest BCUT2D eigenvalue weighted by atomic mass is 10.1. The Morgan fingerprint density at radius 2 is 2.12 bits per heavy atom. The van der Waals surface area contributed by atoms with Gasteiger partial charge >= 0.3 is 5.97 Å². The number of halogens is 2. The van der Waals surface area contributed by atoms with Crippen molar-refractivity contribution in [2.75, 3.05) is 13.7 Å². The molecular formula is C12H15Cl2NO2. The van der Waals surface area contributed by atoms with Crippen LogP contribution in [0.25, 0.3) is 0 Å². The Morgan fingerprint density at radius 1 is 1.41 bits per heavy atom. The van der Waals surface area contributed by atoms with Gasteiger partial charge in [0.15, 0.2) is 0 Å². The van der Waals surface area contributed by atoms with Gasteiger partial charge in [0, 0.05) is 12.6 Å². The highest BCUT2D eigenvalue weighted by Gasteiger charge is 2.08. The fourth-order valence-corrected chi connectivity index (χ4v) is 1.70. The second-order valence-corrected chi connectivity index (χ2v) is 4.49. The number of rotatable bonds is 5. The van der Waals surface area contributed by atoms with Gasteiger partial charge in [0.2, 0.25) is 0 Å². The Balaban J connectivity index is 2.49. The first-order valence-electron chi connectivity index (χ1n) is 5.29.